The average molecular weight is 277 g/mol. The topological polar surface area (TPSA) is 30.5 Å². The lowest BCUT2D eigenvalue weighted by Crippen LogP contribution is -2.17. The summed E-state index contributed by atoms with van der Waals surface area (Å²) in [5, 5.41) is 3.55. The summed E-state index contributed by atoms with van der Waals surface area (Å²) in [4.78, 5) is 0. The SMILES string of the molecule is CCOc1cccc(OCCCCCCNC2CC2)c1. The van der Waals surface area contributed by atoms with Gasteiger partial charge in [0.05, 0.1) is 13.2 Å². The van der Waals surface area contributed by atoms with Gasteiger partial charge in [0.1, 0.15) is 11.5 Å². The number of rotatable bonds is 11. The van der Waals surface area contributed by atoms with Gasteiger partial charge in [0, 0.05) is 12.1 Å². The summed E-state index contributed by atoms with van der Waals surface area (Å²) in [6.45, 7) is 4.66. The Kier molecular flexibility index (Phi) is 6.72. The summed E-state index contributed by atoms with van der Waals surface area (Å²) >= 11 is 0. The molecule has 1 aliphatic carbocycles. The van der Waals surface area contributed by atoms with E-state index in [0.29, 0.717) is 6.61 Å². The van der Waals surface area contributed by atoms with Crippen LogP contribution in [0.1, 0.15) is 45.4 Å². The van der Waals surface area contributed by atoms with Crippen LogP contribution in [0.5, 0.6) is 11.5 Å². The third-order valence-corrected chi connectivity index (χ3v) is 3.47. The van der Waals surface area contributed by atoms with Crippen molar-refractivity contribution in [2.75, 3.05) is 19.8 Å². The molecule has 1 aromatic rings. The predicted molar refractivity (Wildman–Crippen MR) is 82.6 cm³/mol. The van der Waals surface area contributed by atoms with Gasteiger partial charge in [-0.1, -0.05) is 18.9 Å². The van der Waals surface area contributed by atoms with Crippen molar-refractivity contribution in [2.24, 2.45) is 0 Å². The zero-order valence-electron chi connectivity index (χ0n) is 12.6. The molecule has 0 radical (unpaired) electrons. The van der Waals surface area contributed by atoms with E-state index in [1.807, 2.05) is 31.2 Å². The van der Waals surface area contributed by atoms with Crippen LogP contribution in [-0.4, -0.2) is 25.8 Å². The maximum absolute atomic E-state index is 5.75. The smallest absolute Gasteiger partial charge is 0.122 e. The highest BCUT2D eigenvalue weighted by molar-refractivity contribution is 5.32. The van der Waals surface area contributed by atoms with Gasteiger partial charge in [-0.25, -0.2) is 0 Å². The molecule has 0 saturated heterocycles. The molecule has 1 fully saturated rings. The molecule has 3 nitrogen and oxygen atoms in total. The van der Waals surface area contributed by atoms with Crippen LogP contribution in [0.25, 0.3) is 0 Å². The molecular weight excluding hydrogens is 250 g/mol. The predicted octanol–water partition coefficient (Wildman–Crippen LogP) is 3.78. The van der Waals surface area contributed by atoms with Crippen LogP contribution < -0.4 is 14.8 Å². The fourth-order valence-corrected chi connectivity index (χ4v) is 2.18. The van der Waals surface area contributed by atoms with E-state index in [0.717, 1.165) is 30.6 Å². The summed E-state index contributed by atoms with van der Waals surface area (Å²) in [6.07, 6.45) is 7.72. The van der Waals surface area contributed by atoms with Crippen LogP contribution in [0.3, 0.4) is 0 Å². The molecule has 0 unspecified atom stereocenters. The summed E-state index contributed by atoms with van der Waals surface area (Å²) in [6, 6.07) is 8.73. The molecule has 0 amide bonds. The molecule has 3 heteroatoms. The summed E-state index contributed by atoms with van der Waals surface area (Å²) in [5.41, 5.74) is 0. The van der Waals surface area contributed by atoms with E-state index in [9.17, 15) is 0 Å². The minimum absolute atomic E-state index is 0.693. The number of ether oxygens (including phenoxy) is 2. The highest BCUT2D eigenvalue weighted by Gasteiger charge is 2.19. The molecule has 112 valence electrons. The van der Waals surface area contributed by atoms with Gasteiger partial charge >= 0.3 is 0 Å². The number of hydrogen-bond acceptors (Lipinski definition) is 3. The first-order chi connectivity index (χ1) is 9.88. The molecule has 0 aliphatic heterocycles. The maximum atomic E-state index is 5.75. The Balaban J connectivity index is 1.48. The van der Waals surface area contributed by atoms with E-state index in [-0.39, 0.29) is 0 Å². The van der Waals surface area contributed by atoms with Crippen LogP contribution in [0.2, 0.25) is 0 Å². The number of unbranched alkanes of at least 4 members (excludes halogenated alkanes) is 3. The Hall–Kier alpha value is -1.22. The van der Waals surface area contributed by atoms with Gasteiger partial charge in [0.25, 0.3) is 0 Å². The van der Waals surface area contributed by atoms with Gasteiger partial charge < -0.3 is 14.8 Å². The standard InChI is InChI=1S/C17H27NO2/c1-2-19-16-8-7-9-17(14-16)20-13-6-4-3-5-12-18-15-10-11-15/h7-9,14-15,18H,2-6,10-13H2,1H3. The van der Waals surface area contributed by atoms with Gasteiger partial charge in [-0.05, 0) is 51.3 Å². The van der Waals surface area contributed by atoms with Crippen LogP contribution in [-0.2, 0) is 0 Å². The minimum Gasteiger partial charge on any atom is -0.494 e. The molecule has 1 N–H and O–H groups in total. The maximum Gasteiger partial charge on any atom is 0.122 e. The molecule has 2 rings (SSSR count). The van der Waals surface area contributed by atoms with E-state index in [1.165, 1.54) is 38.6 Å². The van der Waals surface area contributed by atoms with Gasteiger partial charge in [-0.15, -0.1) is 0 Å². The molecule has 0 bridgehead atoms. The molecule has 1 saturated carbocycles. The highest BCUT2D eigenvalue weighted by Crippen LogP contribution is 2.20. The van der Waals surface area contributed by atoms with Crippen molar-refractivity contribution in [3.63, 3.8) is 0 Å². The molecule has 0 atom stereocenters. The molecule has 0 heterocycles. The van der Waals surface area contributed by atoms with Gasteiger partial charge in [0.2, 0.25) is 0 Å². The fraction of sp³-hybridized carbons (Fsp3) is 0.647. The van der Waals surface area contributed by atoms with Gasteiger partial charge in [-0.3, -0.25) is 0 Å². The Morgan fingerprint density at radius 3 is 2.55 bits per heavy atom. The van der Waals surface area contributed by atoms with E-state index in [2.05, 4.69) is 5.32 Å². The largest absolute Gasteiger partial charge is 0.494 e. The highest BCUT2D eigenvalue weighted by atomic mass is 16.5. The lowest BCUT2D eigenvalue weighted by Gasteiger charge is -2.08. The Morgan fingerprint density at radius 1 is 1.05 bits per heavy atom. The van der Waals surface area contributed by atoms with Crippen molar-refractivity contribution in [2.45, 2.75) is 51.5 Å². The monoisotopic (exact) mass is 277 g/mol. The molecule has 0 spiro atoms. The molecule has 1 aliphatic rings. The zero-order chi connectivity index (χ0) is 14.0. The summed E-state index contributed by atoms with van der Waals surface area (Å²) < 4.78 is 11.2. The molecule has 0 aromatic heterocycles. The lowest BCUT2D eigenvalue weighted by atomic mass is 10.2. The van der Waals surface area contributed by atoms with E-state index in [1.54, 1.807) is 0 Å². The Bertz CT molecular complexity index is 377. The van der Waals surface area contributed by atoms with Crippen LogP contribution in [0.15, 0.2) is 24.3 Å². The van der Waals surface area contributed by atoms with Crippen molar-refractivity contribution in [3.8, 4) is 11.5 Å². The summed E-state index contributed by atoms with van der Waals surface area (Å²) in [5.74, 6) is 1.79. The number of nitrogens with one attached hydrogen (secondary N) is 1. The average Bonchev–Trinajstić information content (AvgIpc) is 3.27. The van der Waals surface area contributed by atoms with Crippen molar-refractivity contribution in [1.29, 1.82) is 0 Å². The van der Waals surface area contributed by atoms with Crippen LogP contribution in [0, 0.1) is 0 Å². The van der Waals surface area contributed by atoms with Crippen molar-refractivity contribution in [3.05, 3.63) is 24.3 Å². The Morgan fingerprint density at radius 2 is 1.80 bits per heavy atom. The van der Waals surface area contributed by atoms with Crippen molar-refractivity contribution in [1.82, 2.24) is 5.32 Å². The fourth-order valence-electron chi connectivity index (χ4n) is 2.18. The first kappa shape index (κ1) is 15.2. The second-order valence-corrected chi connectivity index (χ2v) is 5.40. The van der Waals surface area contributed by atoms with E-state index >= 15 is 0 Å². The van der Waals surface area contributed by atoms with E-state index < -0.39 is 0 Å². The number of hydrogen-bond donors (Lipinski definition) is 1. The normalized spacial score (nSPS) is 14.2. The lowest BCUT2D eigenvalue weighted by molar-refractivity contribution is 0.298. The zero-order valence-corrected chi connectivity index (χ0v) is 12.6. The van der Waals surface area contributed by atoms with E-state index in [4.69, 9.17) is 9.47 Å². The summed E-state index contributed by atoms with van der Waals surface area (Å²) in [7, 11) is 0. The van der Waals surface area contributed by atoms with Crippen molar-refractivity contribution >= 4 is 0 Å². The first-order valence-electron chi connectivity index (χ1n) is 7.97. The second kappa shape index (κ2) is 8.85. The third-order valence-electron chi connectivity index (χ3n) is 3.47. The number of benzene rings is 1. The molecule has 1 aromatic carbocycles. The molecular formula is C17H27NO2. The van der Waals surface area contributed by atoms with Crippen LogP contribution >= 0.6 is 0 Å². The minimum atomic E-state index is 0.693. The second-order valence-electron chi connectivity index (χ2n) is 5.40. The third kappa shape index (κ3) is 6.29. The van der Waals surface area contributed by atoms with Gasteiger partial charge in [-0.2, -0.15) is 0 Å². The molecule has 20 heavy (non-hydrogen) atoms. The first-order valence-corrected chi connectivity index (χ1v) is 7.97. The van der Waals surface area contributed by atoms with Crippen molar-refractivity contribution < 1.29 is 9.47 Å². The van der Waals surface area contributed by atoms with Crippen LogP contribution in [0.4, 0.5) is 0 Å². The Labute approximate surface area is 122 Å². The van der Waals surface area contributed by atoms with Gasteiger partial charge in [0.15, 0.2) is 0 Å². The quantitative estimate of drug-likeness (QED) is 0.624.